The van der Waals surface area contributed by atoms with Crippen LogP contribution in [0.25, 0.3) is 0 Å². The molecule has 0 saturated heterocycles. The Morgan fingerprint density at radius 3 is 2.00 bits per heavy atom. The standard InChI is InChI=1S/C2H7ClN2O2S/c1-4-8(6,7)5(2)3/h4H,1-2H3. The molecule has 0 radical (unpaired) electrons. The third kappa shape index (κ3) is 1.95. The van der Waals surface area contributed by atoms with Crippen LogP contribution >= 0.6 is 11.8 Å². The molecular formula is C2H7ClN2O2S. The third-order valence-corrected chi connectivity index (χ3v) is 2.31. The highest BCUT2D eigenvalue weighted by atomic mass is 35.5. The van der Waals surface area contributed by atoms with Crippen LogP contribution in [-0.2, 0) is 10.2 Å². The van der Waals surface area contributed by atoms with Crippen molar-refractivity contribution in [3.8, 4) is 0 Å². The Morgan fingerprint density at radius 2 is 2.00 bits per heavy atom. The average Bonchev–Trinajstić information content (AvgIpc) is 1.67. The Morgan fingerprint density at radius 1 is 1.62 bits per heavy atom. The molecule has 8 heavy (non-hydrogen) atoms. The molecule has 0 spiro atoms. The molecule has 0 heterocycles. The van der Waals surface area contributed by atoms with Gasteiger partial charge < -0.3 is 0 Å². The van der Waals surface area contributed by atoms with Gasteiger partial charge in [0.1, 0.15) is 0 Å². The van der Waals surface area contributed by atoms with Crippen molar-refractivity contribution in [1.29, 1.82) is 0 Å². The molecule has 0 aliphatic carbocycles. The fraction of sp³-hybridized carbons (Fsp3) is 1.00. The Kier molecular flexibility index (Phi) is 2.68. The first-order valence-corrected chi connectivity index (χ1v) is 3.61. The van der Waals surface area contributed by atoms with E-state index in [-0.39, 0.29) is 0 Å². The Labute approximate surface area is 53.7 Å². The van der Waals surface area contributed by atoms with Crippen LogP contribution in [-0.4, -0.2) is 26.3 Å². The highest BCUT2D eigenvalue weighted by Crippen LogP contribution is 1.93. The summed E-state index contributed by atoms with van der Waals surface area (Å²) in [6.45, 7) is 0. The molecule has 0 fully saturated rings. The second-order valence-electron chi connectivity index (χ2n) is 1.10. The van der Waals surface area contributed by atoms with Gasteiger partial charge in [0.2, 0.25) is 0 Å². The summed E-state index contributed by atoms with van der Waals surface area (Å²) in [6, 6.07) is 0. The topological polar surface area (TPSA) is 49.4 Å². The summed E-state index contributed by atoms with van der Waals surface area (Å²) < 4.78 is 23.3. The van der Waals surface area contributed by atoms with E-state index in [0.717, 1.165) is 0 Å². The lowest BCUT2D eigenvalue weighted by molar-refractivity contribution is 0.552. The smallest absolute Gasteiger partial charge is 0.204 e. The molecule has 1 N–H and O–H groups in total. The van der Waals surface area contributed by atoms with Crippen molar-refractivity contribution >= 4 is 22.0 Å². The largest absolute Gasteiger partial charge is 0.292 e. The van der Waals surface area contributed by atoms with Gasteiger partial charge in [-0.3, -0.25) is 0 Å². The third-order valence-electron chi connectivity index (χ3n) is 0.589. The van der Waals surface area contributed by atoms with E-state index in [9.17, 15) is 8.42 Å². The van der Waals surface area contributed by atoms with E-state index in [0.29, 0.717) is 3.82 Å². The SMILES string of the molecule is CNS(=O)(=O)N(C)Cl. The minimum absolute atomic E-state index is 0.576. The first kappa shape index (κ1) is 8.16. The number of nitrogens with zero attached hydrogens (tertiary/aromatic N) is 1. The maximum Gasteiger partial charge on any atom is 0.292 e. The normalized spacial score (nSPS) is 12.5. The van der Waals surface area contributed by atoms with Gasteiger partial charge in [-0.2, -0.15) is 8.42 Å². The first-order chi connectivity index (χ1) is 3.50. The van der Waals surface area contributed by atoms with Gasteiger partial charge in [-0.25, -0.2) is 4.72 Å². The number of rotatable bonds is 2. The van der Waals surface area contributed by atoms with Crippen LogP contribution in [0.3, 0.4) is 0 Å². The molecule has 50 valence electrons. The number of hydrogen-bond acceptors (Lipinski definition) is 2. The van der Waals surface area contributed by atoms with E-state index < -0.39 is 10.2 Å². The van der Waals surface area contributed by atoms with Crippen molar-refractivity contribution in [1.82, 2.24) is 8.55 Å². The maximum absolute atomic E-state index is 10.4. The van der Waals surface area contributed by atoms with E-state index in [4.69, 9.17) is 11.8 Å². The van der Waals surface area contributed by atoms with Crippen LogP contribution in [0, 0.1) is 0 Å². The Hall–Kier alpha value is 0.160. The van der Waals surface area contributed by atoms with Gasteiger partial charge in [0.15, 0.2) is 0 Å². The second-order valence-corrected chi connectivity index (χ2v) is 3.71. The Balaban J connectivity index is 4.17. The van der Waals surface area contributed by atoms with E-state index in [1.807, 2.05) is 4.72 Å². The zero-order chi connectivity index (χ0) is 6.78. The zero-order valence-corrected chi connectivity index (χ0v) is 6.12. The Bertz CT molecular complexity index is 151. The van der Waals surface area contributed by atoms with Gasteiger partial charge >= 0.3 is 0 Å². The monoisotopic (exact) mass is 158 g/mol. The summed E-state index contributed by atoms with van der Waals surface area (Å²) in [6.07, 6.45) is 0. The highest BCUT2D eigenvalue weighted by molar-refractivity contribution is 7.88. The maximum atomic E-state index is 10.4. The fourth-order valence-electron chi connectivity index (χ4n) is 0.126. The van der Waals surface area contributed by atoms with Crippen LogP contribution in [0.4, 0.5) is 0 Å². The molecule has 0 aromatic carbocycles. The molecule has 0 atom stereocenters. The molecule has 0 saturated carbocycles. The van der Waals surface area contributed by atoms with Crippen molar-refractivity contribution in [2.24, 2.45) is 0 Å². The van der Waals surface area contributed by atoms with E-state index in [2.05, 4.69) is 0 Å². The van der Waals surface area contributed by atoms with Crippen LogP contribution in [0.2, 0.25) is 0 Å². The molecule has 0 aliphatic rings. The molecule has 0 bridgehead atoms. The van der Waals surface area contributed by atoms with Crippen molar-refractivity contribution in [3.63, 3.8) is 0 Å². The number of halogens is 1. The second kappa shape index (κ2) is 2.63. The molecule has 6 heteroatoms. The summed E-state index contributed by atoms with van der Waals surface area (Å²) in [5, 5.41) is 0. The van der Waals surface area contributed by atoms with Crippen LogP contribution in [0.15, 0.2) is 0 Å². The van der Waals surface area contributed by atoms with Gasteiger partial charge in [-0.1, -0.05) is 0 Å². The van der Waals surface area contributed by atoms with Gasteiger partial charge in [0, 0.05) is 14.1 Å². The zero-order valence-electron chi connectivity index (χ0n) is 4.55. The van der Waals surface area contributed by atoms with Crippen molar-refractivity contribution in [3.05, 3.63) is 0 Å². The number of hydrogen-bond donors (Lipinski definition) is 1. The first-order valence-electron chi connectivity index (χ1n) is 1.84. The van der Waals surface area contributed by atoms with E-state index >= 15 is 0 Å². The van der Waals surface area contributed by atoms with Gasteiger partial charge in [0.05, 0.1) is 0 Å². The van der Waals surface area contributed by atoms with Gasteiger partial charge in [0.25, 0.3) is 10.2 Å². The van der Waals surface area contributed by atoms with Crippen molar-refractivity contribution in [2.75, 3.05) is 14.1 Å². The lowest BCUT2D eigenvalue weighted by atomic mass is 11.6. The lowest BCUT2D eigenvalue weighted by Gasteiger charge is -2.04. The fourth-order valence-corrected chi connectivity index (χ4v) is 0.584. The van der Waals surface area contributed by atoms with Crippen LogP contribution in [0.5, 0.6) is 0 Å². The minimum atomic E-state index is -3.39. The van der Waals surface area contributed by atoms with E-state index in [1.165, 1.54) is 14.1 Å². The van der Waals surface area contributed by atoms with Gasteiger partial charge in [-0.05, 0) is 11.8 Å². The molecule has 0 aromatic heterocycles. The molecule has 0 aliphatic heterocycles. The highest BCUT2D eigenvalue weighted by Gasteiger charge is 2.09. The van der Waals surface area contributed by atoms with Gasteiger partial charge in [-0.15, -0.1) is 3.82 Å². The van der Waals surface area contributed by atoms with Crippen molar-refractivity contribution < 1.29 is 8.42 Å². The lowest BCUT2D eigenvalue weighted by Crippen LogP contribution is -2.29. The predicted molar refractivity (Wildman–Crippen MR) is 31.6 cm³/mol. The molecule has 0 amide bonds. The summed E-state index contributed by atoms with van der Waals surface area (Å²) in [4.78, 5) is 0. The molecule has 0 aromatic rings. The summed E-state index contributed by atoms with van der Waals surface area (Å²) in [7, 11) is -0.872. The average molecular weight is 159 g/mol. The van der Waals surface area contributed by atoms with Crippen LogP contribution < -0.4 is 4.72 Å². The summed E-state index contributed by atoms with van der Waals surface area (Å²) in [5.74, 6) is 0. The summed E-state index contributed by atoms with van der Waals surface area (Å²) in [5.41, 5.74) is 0. The quantitative estimate of drug-likeness (QED) is 0.553. The predicted octanol–water partition coefficient (Wildman–Crippen LogP) is -0.464. The number of nitrogens with one attached hydrogen (secondary N) is 1. The van der Waals surface area contributed by atoms with Crippen molar-refractivity contribution in [2.45, 2.75) is 0 Å². The van der Waals surface area contributed by atoms with Crippen LogP contribution in [0.1, 0.15) is 0 Å². The molecule has 0 unspecified atom stereocenters. The minimum Gasteiger partial charge on any atom is -0.204 e. The summed E-state index contributed by atoms with van der Waals surface area (Å²) >= 11 is 5.05. The van der Waals surface area contributed by atoms with E-state index in [1.54, 1.807) is 0 Å². The molecule has 4 nitrogen and oxygen atoms in total. The molecular weight excluding hydrogens is 152 g/mol. The molecule has 0 rings (SSSR count).